The van der Waals surface area contributed by atoms with Crippen molar-refractivity contribution in [3.05, 3.63) is 171 Å². The number of benzene rings is 4. The van der Waals surface area contributed by atoms with Crippen LogP contribution in [0.4, 0.5) is 34.2 Å². The van der Waals surface area contributed by atoms with Crippen LogP contribution in [-0.4, -0.2) is 38.7 Å². The molecule has 2 aliphatic carbocycles. The Balaban J connectivity index is 0.000000181. The zero-order chi connectivity index (χ0) is 46.0. The molecule has 7 aromatic rings. The Labute approximate surface area is 406 Å². The first kappa shape index (κ1) is 47.5. The number of halogens is 6. The van der Waals surface area contributed by atoms with E-state index < -0.39 is 5.82 Å². The van der Waals surface area contributed by atoms with Crippen molar-refractivity contribution in [2.45, 2.75) is 47.6 Å². The first-order valence-corrected chi connectivity index (χ1v) is 24.9. The number of nitrogens with two attached hydrogens (primary N) is 1. The highest BCUT2D eigenvalue weighted by atomic mass is 35.5. The van der Waals surface area contributed by atoms with Crippen LogP contribution >= 0.6 is 69.8 Å². The standard InChI is InChI=1S/C25H21ClF2N4OS2.C22H21ClF2N4S2/c26-20-10-24(35-31-25-13-34-15-30-25)21(28)11-23(20)33-12-19-18(16-4-6-17(27)7-5-16)2-1-3-22(19)32-9-8-29-14-32;23-17-10-21(31-29-22-27-8-9-30-22)18(25)11-20(17)28-12-16-15(2-1-3-19(16)26)13-4-6-14(24)7-5-13/h2,4-11,13-15,19,22,31H,1,3,12H2;2,4-11,16,19,28H,1,3,12,26H2,(H,27,29). The molecule has 0 radical (unpaired) electrons. The molecular weight excluding hydrogens is 968 g/mol. The number of hydrogen-bond acceptors (Lipinski definition) is 12. The average molecular weight is 1010 g/mol. The Morgan fingerprint density at radius 1 is 0.788 bits per heavy atom. The molecule has 0 bridgehead atoms. The van der Waals surface area contributed by atoms with Gasteiger partial charge in [0.05, 0.1) is 44.0 Å². The van der Waals surface area contributed by atoms with E-state index in [1.807, 2.05) is 17.0 Å². The molecule has 19 heteroatoms. The summed E-state index contributed by atoms with van der Waals surface area (Å²) in [7, 11) is 0. The van der Waals surface area contributed by atoms with Gasteiger partial charge >= 0.3 is 0 Å². The number of imidazole rings is 1. The van der Waals surface area contributed by atoms with E-state index in [1.54, 1.807) is 60.6 Å². The van der Waals surface area contributed by atoms with Crippen molar-refractivity contribution in [2.24, 2.45) is 17.6 Å². The topological polar surface area (TPSA) is 115 Å². The maximum absolute atomic E-state index is 14.8. The second-order valence-corrected chi connectivity index (χ2v) is 19.4. The third-order valence-electron chi connectivity index (χ3n) is 11.1. The van der Waals surface area contributed by atoms with Crippen molar-refractivity contribution in [1.82, 2.24) is 19.5 Å². The highest BCUT2D eigenvalue weighted by Gasteiger charge is 2.31. The van der Waals surface area contributed by atoms with E-state index in [0.717, 1.165) is 71.9 Å². The maximum Gasteiger partial charge on any atom is 0.192 e. The van der Waals surface area contributed by atoms with E-state index in [4.69, 9.17) is 33.7 Å². The quantitative estimate of drug-likeness (QED) is 0.0585. The molecule has 4 atom stereocenters. The second-order valence-electron chi connectivity index (χ2n) is 15.2. The monoisotopic (exact) mass is 1010 g/mol. The third kappa shape index (κ3) is 12.1. The minimum absolute atomic E-state index is 0.000963. The summed E-state index contributed by atoms with van der Waals surface area (Å²) in [4.78, 5) is 13.2. The van der Waals surface area contributed by atoms with E-state index in [-0.39, 0.29) is 53.7 Å². The van der Waals surface area contributed by atoms with Gasteiger partial charge in [0.15, 0.2) is 5.13 Å². The number of nitrogens with zero attached hydrogens (tertiary/aromatic N) is 4. The zero-order valence-corrected chi connectivity index (χ0v) is 39.6. The smallest absolute Gasteiger partial charge is 0.192 e. The van der Waals surface area contributed by atoms with Crippen molar-refractivity contribution in [2.75, 3.05) is 27.9 Å². The number of anilines is 3. The number of ether oxygens (including phenoxy) is 1. The summed E-state index contributed by atoms with van der Waals surface area (Å²) in [5, 5.41) is 8.35. The predicted molar refractivity (Wildman–Crippen MR) is 263 cm³/mol. The van der Waals surface area contributed by atoms with E-state index in [1.165, 1.54) is 59.1 Å². The first-order valence-electron chi connectivity index (χ1n) is 20.7. The lowest BCUT2D eigenvalue weighted by atomic mass is 9.80. The van der Waals surface area contributed by atoms with Gasteiger partial charge in [0, 0.05) is 65.9 Å². The molecule has 3 aromatic heterocycles. The van der Waals surface area contributed by atoms with Gasteiger partial charge in [0.1, 0.15) is 34.8 Å². The number of rotatable bonds is 15. The van der Waals surface area contributed by atoms with Gasteiger partial charge in [-0.05, 0) is 114 Å². The van der Waals surface area contributed by atoms with Gasteiger partial charge in [-0.25, -0.2) is 32.5 Å². The number of thiazole rings is 2. The van der Waals surface area contributed by atoms with Crippen LogP contribution in [0.2, 0.25) is 10.0 Å². The molecule has 4 unspecified atom stereocenters. The van der Waals surface area contributed by atoms with Crippen LogP contribution in [-0.2, 0) is 0 Å². The molecule has 0 saturated heterocycles. The molecule has 9 nitrogen and oxygen atoms in total. The summed E-state index contributed by atoms with van der Waals surface area (Å²) in [5.74, 6) is -0.530. The number of hydrogen-bond donors (Lipinski definition) is 4. The lowest BCUT2D eigenvalue weighted by Gasteiger charge is -2.34. The minimum atomic E-state index is -0.443. The van der Waals surface area contributed by atoms with E-state index in [9.17, 15) is 17.6 Å². The van der Waals surface area contributed by atoms with Gasteiger partial charge in [-0.15, -0.1) is 22.7 Å². The van der Waals surface area contributed by atoms with Crippen LogP contribution in [0.3, 0.4) is 0 Å². The highest BCUT2D eigenvalue weighted by Crippen LogP contribution is 2.42. The summed E-state index contributed by atoms with van der Waals surface area (Å²) in [5.41, 5.74) is 12.6. The van der Waals surface area contributed by atoms with Gasteiger partial charge in [-0.3, -0.25) is 0 Å². The van der Waals surface area contributed by atoms with Crippen LogP contribution in [0.5, 0.6) is 5.75 Å². The minimum Gasteiger partial charge on any atom is -0.491 e. The van der Waals surface area contributed by atoms with Gasteiger partial charge in [-0.2, -0.15) is 0 Å². The third-order valence-corrected chi connectivity index (χ3v) is 14.7. The lowest BCUT2D eigenvalue weighted by Crippen LogP contribution is -2.37. The Morgan fingerprint density at radius 3 is 2.11 bits per heavy atom. The predicted octanol–water partition coefficient (Wildman–Crippen LogP) is 13.9. The van der Waals surface area contributed by atoms with E-state index >= 15 is 0 Å². The zero-order valence-electron chi connectivity index (χ0n) is 34.9. The van der Waals surface area contributed by atoms with Crippen molar-refractivity contribution in [3.8, 4) is 5.75 Å². The van der Waals surface area contributed by atoms with E-state index in [2.05, 4.69) is 46.4 Å². The van der Waals surface area contributed by atoms with Crippen molar-refractivity contribution in [1.29, 1.82) is 0 Å². The largest absolute Gasteiger partial charge is 0.491 e. The Bertz CT molecular complexity index is 2730. The average Bonchev–Trinajstić information content (AvgIpc) is 4.16. The van der Waals surface area contributed by atoms with Crippen LogP contribution in [0.1, 0.15) is 42.9 Å². The molecule has 4 aromatic carbocycles. The van der Waals surface area contributed by atoms with Crippen LogP contribution in [0.25, 0.3) is 11.1 Å². The summed E-state index contributed by atoms with van der Waals surface area (Å²) < 4.78 is 70.5. The first-order chi connectivity index (χ1) is 32.1. The second kappa shape index (κ2) is 22.7. The van der Waals surface area contributed by atoms with Crippen LogP contribution < -0.4 is 25.2 Å². The molecule has 3 heterocycles. The number of nitrogens with one attached hydrogen (secondary N) is 3. The fraction of sp³-hybridized carbons (Fsp3) is 0.213. The van der Waals surface area contributed by atoms with Gasteiger partial charge < -0.3 is 29.8 Å². The Morgan fingerprint density at radius 2 is 1.45 bits per heavy atom. The van der Waals surface area contributed by atoms with Crippen LogP contribution in [0, 0.1) is 35.1 Å². The molecule has 9 rings (SSSR count). The van der Waals surface area contributed by atoms with Crippen molar-refractivity contribution >= 4 is 97.6 Å². The van der Waals surface area contributed by atoms with E-state index in [0.29, 0.717) is 43.0 Å². The molecule has 0 aliphatic heterocycles. The molecular formula is C47H42Cl2F4N8OS4. The maximum atomic E-state index is 14.8. The molecule has 5 N–H and O–H groups in total. The van der Waals surface area contributed by atoms with Gasteiger partial charge in [0.25, 0.3) is 0 Å². The summed E-state index contributed by atoms with van der Waals surface area (Å²) in [6.07, 6.45) is 15.0. The normalized spacial score (nSPS) is 18.1. The molecule has 0 fully saturated rings. The molecule has 2 aliphatic rings. The summed E-state index contributed by atoms with van der Waals surface area (Å²) in [6, 6.07) is 18.7. The summed E-state index contributed by atoms with van der Waals surface area (Å²) in [6.45, 7) is 0.766. The SMILES string of the molecule is Fc1ccc(C2=CCCC(n3ccnc3)C2COc2cc(F)c(SNc3cscn3)cc2Cl)cc1.NC1CCC=C(c2ccc(F)cc2)C1CNc1cc(F)c(SNc2nccs2)cc1Cl. The van der Waals surface area contributed by atoms with Gasteiger partial charge in [-0.1, -0.05) is 59.6 Å². The Hall–Kier alpha value is -5.01. The van der Waals surface area contributed by atoms with Crippen molar-refractivity contribution < 1.29 is 22.3 Å². The fourth-order valence-electron chi connectivity index (χ4n) is 7.80. The number of aromatic nitrogens is 4. The van der Waals surface area contributed by atoms with Crippen LogP contribution in [0.15, 0.2) is 136 Å². The molecule has 0 amide bonds. The highest BCUT2D eigenvalue weighted by molar-refractivity contribution is 8.01. The molecule has 66 heavy (non-hydrogen) atoms. The Kier molecular flexibility index (Phi) is 16.3. The van der Waals surface area contributed by atoms with Gasteiger partial charge in [0.2, 0.25) is 0 Å². The number of allylic oxidation sites excluding steroid dienone is 2. The fourth-order valence-corrected chi connectivity index (χ4v) is 10.9. The lowest BCUT2D eigenvalue weighted by molar-refractivity contribution is 0.222. The molecule has 342 valence electrons. The summed E-state index contributed by atoms with van der Waals surface area (Å²) >= 11 is 18.0. The van der Waals surface area contributed by atoms with Crippen molar-refractivity contribution in [3.63, 3.8) is 0 Å². The molecule has 0 saturated carbocycles. The molecule has 0 spiro atoms.